The fourth-order valence-electron chi connectivity index (χ4n) is 3.15. The number of carbonyl (C=O) groups is 1. The Bertz CT molecular complexity index is 1060. The fourth-order valence-corrected chi connectivity index (χ4v) is 3.15. The van der Waals surface area contributed by atoms with Crippen molar-refractivity contribution >= 4 is 22.9 Å². The van der Waals surface area contributed by atoms with E-state index in [1.807, 2.05) is 66.9 Å². The van der Waals surface area contributed by atoms with Crippen LogP contribution >= 0.6 is 0 Å². The van der Waals surface area contributed by atoms with Crippen LogP contribution in [0.2, 0.25) is 0 Å². The van der Waals surface area contributed by atoms with Gasteiger partial charge in [0.2, 0.25) is 0 Å². The molecule has 2 aromatic carbocycles. The molecule has 1 aliphatic carbocycles. The highest BCUT2D eigenvalue weighted by molar-refractivity contribution is 6.04. The number of ether oxygens (including phenoxy) is 1. The van der Waals surface area contributed by atoms with Crippen LogP contribution in [0.5, 0.6) is 5.75 Å². The van der Waals surface area contributed by atoms with E-state index in [0.29, 0.717) is 13.2 Å². The van der Waals surface area contributed by atoms with Crippen molar-refractivity contribution in [2.24, 2.45) is 0 Å². The summed E-state index contributed by atoms with van der Waals surface area (Å²) in [7, 11) is 0. The van der Waals surface area contributed by atoms with Crippen LogP contribution in [0, 0.1) is 11.3 Å². The molecule has 1 aromatic heterocycles. The molecular weight excluding hydrogens is 350 g/mol. The third kappa shape index (κ3) is 4.07. The van der Waals surface area contributed by atoms with Gasteiger partial charge in [0, 0.05) is 28.7 Å². The fraction of sp³-hybridized carbons (Fsp3) is 0.217. The molecule has 0 bridgehead atoms. The van der Waals surface area contributed by atoms with E-state index in [-0.39, 0.29) is 17.5 Å². The Morgan fingerprint density at radius 3 is 2.68 bits per heavy atom. The maximum absolute atomic E-state index is 12.3. The Kier molecular flexibility index (Phi) is 5.11. The average molecular weight is 371 g/mol. The highest BCUT2D eigenvalue weighted by Crippen LogP contribution is 2.24. The van der Waals surface area contributed by atoms with Gasteiger partial charge in [0.15, 0.2) is 0 Å². The first-order chi connectivity index (χ1) is 13.7. The Balaban J connectivity index is 1.56. The van der Waals surface area contributed by atoms with Gasteiger partial charge >= 0.3 is 0 Å². The third-order valence-corrected chi connectivity index (χ3v) is 4.74. The lowest BCUT2D eigenvalue weighted by atomic mass is 10.1. The molecule has 1 fully saturated rings. The quantitative estimate of drug-likeness (QED) is 0.506. The second-order valence-electron chi connectivity index (χ2n) is 6.87. The SMILES string of the molecule is N#CC(=Cc1cn(CCOc2ccccc2)c2ccccc12)C(=O)NC1CC1. The monoisotopic (exact) mass is 371 g/mol. The number of carbonyl (C=O) groups excluding carboxylic acids is 1. The van der Waals surface area contributed by atoms with Crippen LogP contribution in [0.4, 0.5) is 0 Å². The number of nitrogens with one attached hydrogen (secondary N) is 1. The first-order valence-electron chi connectivity index (χ1n) is 9.43. The molecule has 0 spiro atoms. The van der Waals surface area contributed by atoms with E-state index < -0.39 is 0 Å². The van der Waals surface area contributed by atoms with E-state index in [0.717, 1.165) is 35.1 Å². The smallest absolute Gasteiger partial charge is 0.262 e. The van der Waals surface area contributed by atoms with E-state index in [9.17, 15) is 10.1 Å². The number of hydrogen-bond donors (Lipinski definition) is 1. The number of benzene rings is 2. The summed E-state index contributed by atoms with van der Waals surface area (Å²) in [4.78, 5) is 12.3. The molecule has 0 aliphatic heterocycles. The van der Waals surface area contributed by atoms with Gasteiger partial charge in [-0.15, -0.1) is 0 Å². The molecule has 0 saturated heterocycles. The number of amides is 1. The predicted octanol–water partition coefficient (Wildman–Crippen LogP) is 3.91. The number of hydrogen-bond acceptors (Lipinski definition) is 3. The lowest BCUT2D eigenvalue weighted by Gasteiger charge is -2.08. The summed E-state index contributed by atoms with van der Waals surface area (Å²) < 4.78 is 7.90. The molecule has 28 heavy (non-hydrogen) atoms. The summed E-state index contributed by atoms with van der Waals surface area (Å²) in [5, 5.41) is 13.3. The van der Waals surface area contributed by atoms with Crippen LogP contribution in [0.1, 0.15) is 18.4 Å². The normalized spacial score (nSPS) is 13.9. The lowest BCUT2D eigenvalue weighted by Crippen LogP contribution is -2.26. The molecule has 1 saturated carbocycles. The molecule has 4 rings (SSSR count). The zero-order valence-corrected chi connectivity index (χ0v) is 15.5. The zero-order valence-electron chi connectivity index (χ0n) is 15.5. The molecule has 5 heteroatoms. The van der Waals surface area contributed by atoms with Crippen LogP contribution in [-0.2, 0) is 11.3 Å². The summed E-state index contributed by atoms with van der Waals surface area (Å²) in [6.07, 6.45) is 5.63. The molecule has 0 unspecified atom stereocenters. The van der Waals surface area contributed by atoms with Gasteiger partial charge in [-0.1, -0.05) is 36.4 Å². The maximum atomic E-state index is 12.3. The van der Waals surface area contributed by atoms with Gasteiger partial charge in [-0.05, 0) is 37.1 Å². The number of para-hydroxylation sites is 2. The van der Waals surface area contributed by atoms with Crippen molar-refractivity contribution in [3.05, 3.63) is 71.9 Å². The molecule has 3 aromatic rings. The Morgan fingerprint density at radius 1 is 1.18 bits per heavy atom. The minimum Gasteiger partial charge on any atom is -0.492 e. The van der Waals surface area contributed by atoms with Crippen molar-refractivity contribution in [1.82, 2.24) is 9.88 Å². The summed E-state index contributed by atoms with van der Waals surface area (Å²) in [5.41, 5.74) is 2.04. The summed E-state index contributed by atoms with van der Waals surface area (Å²) in [6.45, 7) is 1.19. The van der Waals surface area contributed by atoms with Crippen molar-refractivity contribution in [2.45, 2.75) is 25.4 Å². The molecule has 1 heterocycles. The summed E-state index contributed by atoms with van der Waals surface area (Å²) >= 11 is 0. The standard InChI is InChI=1S/C23H21N3O2/c24-15-17(23(27)25-19-10-11-19)14-18-16-26(22-9-5-4-8-21(18)22)12-13-28-20-6-2-1-3-7-20/h1-9,14,16,19H,10-13H2,(H,25,27). The largest absolute Gasteiger partial charge is 0.492 e. The van der Waals surface area contributed by atoms with Crippen molar-refractivity contribution in [1.29, 1.82) is 5.26 Å². The first-order valence-corrected chi connectivity index (χ1v) is 9.43. The van der Waals surface area contributed by atoms with Gasteiger partial charge in [-0.3, -0.25) is 4.79 Å². The minimum atomic E-state index is -0.297. The number of aromatic nitrogens is 1. The highest BCUT2D eigenvalue weighted by atomic mass is 16.5. The minimum absolute atomic E-state index is 0.135. The number of nitrogens with zero attached hydrogens (tertiary/aromatic N) is 2. The van der Waals surface area contributed by atoms with Crippen LogP contribution in [0.3, 0.4) is 0 Å². The van der Waals surface area contributed by atoms with Crippen LogP contribution in [-0.4, -0.2) is 23.1 Å². The second-order valence-corrected chi connectivity index (χ2v) is 6.87. The number of nitriles is 1. The molecule has 1 aliphatic rings. The molecule has 140 valence electrons. The van der Waals surface area contributed by atoms with Gasteiger partial charge in [0.05, 0.1) is 6.54 Å². The zero-order chi connectivity index (χ0) is 19.3. The Labute approximate surface area is 163 Å². The van der Waals surface area contributed by atoms with E-state index in [1.165, 1.54) is 0 Å². The van der Waals surface area contributed by atoms with E-state index in [1.54, 1.807) is 6.08 Å². The molecule has 0 atom stereocenters. The van der Waals surface area contributed by atoms with Gasteiger partial charge in [0.25, 0.3) is 5.91 Å². The summed E-state index contributed by atoms with van der Waals surface area (Å²) in [5.74, 6) is 0.539. The third-order valence-electron chi connectivity index (χ3n) is 4.74. The van der Waals surface area contributed by atoms with Crippen molar-refractivity contribution < 1.29 is 9.53 Å². The maximum Gasteiger partial charge on any atom is 0.262 e. The topological polar surface area (TPSA) is 67.0 Å². The van der Waals surface area contributed by atoms with Crippen LogP contribution in [0.25, 0.3) is 17.0 Å². The van der Waals surface area contributed by atoms with E-state index in [4.69, 9.17) is 4.74 Å². The van der Waals surface area contributed by atoms with Crippen LogP contribution < -0.4 is 10.1 Å². The van der Waals surface area contributed by atoms with Crippen molar-refractivity contribution in [2.75, 3.05) is 6.61 Å². The molecule has 1 amide bonds. The summed E-state index contributed by atoms with van der Waals surface area (Å²) in [6, 6.07) is 19.9. The second kappa shape index (κ2) is 8.01. The molecule has 0 radical (unpaired) electrons. The molecule has 1 N–H and O–H groups in total. The van der Waals surface area contributed by atoms with Crippen molar-refractivity contribution in [3.63, 3.8) is 0 Å². The van der Waals surface area contributed by atoms with Gasteiger partial charge in [-0.25, -0.2) is 0 Å². The van der Waals surface area contributed by atoms with E-state index in [2.05, 4.69) is 9.88 Å². The molecular formula is C23H21N3O2. The highest BCUT2D eigenvalue weighted by Gasteiger charge is 2.24. The van der Waals surface area contributed by atoms with Gasteiger partial charge in [-0.2, -0.15) is 5.26 Å². The number of rotatable bonds is 7. The Morgan fingerprint density at radius 2 is 1.93 bits per heavy atom. The lowest BCUT2D eigenvalue weighted by molar-refractivity contribution is -0.117. The average Bonchev–Trinajstić information content (AvgIpc) is 3.48. The van der Waals surface area contributed by atoms with Gasteiger partial charge < -0.3 is 14.6 Å². The predicted molar refractivity (Wildman–Crippen MR) is 109 cm³/mol. The molecule has 5 nitrogen and oxygen atoms in total. The van der Waals surface area contributed by atoms with Crippen LogP contribution in [0.15, 0.2) is 66.4 Å². The van der Waals surface area contributed by atoms with Crippen molar-refractivity contribution in [3.8, 4) is 11.8 Å². The number of fused-ring (bicyclic) bond motifs is 1. The first kappa shape index (κ1) is 17.9. The Hall–Kier alpha value is -3.52. The van der Waals surface area contributed by atoms with Gasteiger partial charge in [0.1, 0.15) is 24.0 Å². The van der Waals surface area contributed by atoms with E-state index >= 15 is 0 Å².